The van der Waals surface area contributed by atoms with Gasteiger partial charge in [-0.15, -0.1) is 0 Å². The molecule has 0 heterocycles. The molecule has 0 nitrogen and oxygen atoms in total. The van der Waals surface area contributed by atoms with Crippen LogP contribution in [0.4, 0.5) is 0 Å². The number of hydrogen-bond donors (Lipinski definition) is 0. The van der Waals surface area contributed by atoms with E-state index in [4.69, 9.17) is 0 Å². The maximum Gasteiger partial charge on any atom is -0.0181 e. The average Bonchev–Trinajstić information content (AvgIpc) is 2.00. The van der Waals surface area contributed by atoms with Crippen molar-refractivity contribution < 1.29 is 0 Å². The lowest BCUT2D eigenvalue weighted by atomic mass is 9.91. The predicted molar refractivity (Wildman–Crippen MR) is 77.3 cm³/mol. The van der Waals surface area contributed by atoms with Crippen molar-refractivity contribution in [3.8, 4) is 0 Å². The molecule has 94 valence electrons. The maximum atomic E-state index is 2.52. The van der Waals surface area contributed by atoms with E-state index in [0.717, 1.165) is 5.92 Å². The van der Waals surface area contributed by atoms with E-state index in [9.17, 15) is 0 Å². The molecule has 0 aromatic heterocycles. The molecule has 0 bridgehead atoms. The van der Waals surface area contributed by atoms with Crippen LogP contribution in [0.1, 0.15) is 53.9 Å². The summed E-state index contributed by atoms with van der Waals surface area (Å²) in [5, 5.41) is 0. The molecule has 1 unspecified atom stereocenters. The molecule has 0 aliphatic rings. The van der Waals surface area contributed by atoms with Gasteiger partial charge in [0.2, 0.25) is 0 Å². The molecule has 0 aromatic rings. The van der Waals surface area contributed by atoms with Gasteiger partial charge in [-0.1, -0.05) is 47.5 Å². The van der Waals surface area contributed by atoms with Gasteiger partial charge in [0.1, 0.15) is 0 Å². The molecule has 0 saturated carbocycles. The molecule has 0 radical (unpaired) electrons. The minimum atomic E-state index is -0.373. The van der Waals surface area contributed by atoms with Crippen molar-refractivity contribution in [2.45, 2.75) is 53.9 Å². The lowest BCUT2D eigenvalue weighted by molar-refractivity contribution is 0.380. The quantitative estimate of drug-likeness (QED) is 0.584. The fraction of sp³-hybridized carbons (Fsp3) is 1.00. The van der Waals surface area contributed by atoms with Crippen molar-refractivity contribution >= 4 is 10.0 Å². The number of rotatable bonds is 7. The van der Waals surface area contributed by atoms with Crippen LogP contribution in [0.2, 0.25) is 0 Å². The Morgan fingerprint density at radius 3 is 2.07 bits per heavy atom. The summed E-state index contributed by atoms with van der Waals surface area (Å²) in [7, 11) is -0.373. The van der Waals surface area contributed by atoms with Gasteiger partial charge in [0.15, 0.2) is 0 Å². The molecule has 0 spiro atoms. The van der Waals surface area contributed by atoms with E-state index in [1.54, 1.807) is 0 Å². The van der Waals surface area contributed by atoms with E-state index >= 15 is 0 Å². The monoisotopic (exact) mass is 232 g/mol. The van der Waals surface area contributed by atoms with Gasteiger partial charge in [0, 0.05) is 0 Å². The molecule has 0 N–H and O–H groups in total. The molecule has 15 heavy (non-hydrogen) atoms. The second-order valence-corrected chi connectivity index (χ2v) is 10.7. The fourth-order valence-corrected chi connectivity index (χ4v) is 6.91. The second-order valence-electron chi connectivity index (χ2n) is 6.51. The van der Waals surface area contributed by atoms with E-state index in [1.807, 2.05) is 0 Å². The highest BCUT2D eigenvalue weighted by Crippen LogP contribution is 2.48. The van der Waals surface area contributed by atoms with Gasteiger partial charge >= 0.3 is 0 Å². The largest absolute Gasteiger partial charge is 0.246 e. The van der Waals surface area contributed by atoms with Crippen LogP contribution in [-0.4, -0.2) is 24.0 Å². The van der Waals surface area contributed by atoms with Crippen LogP contribution in [0.15, 0.2) is 0 Å². The van der Waals surface area contributed by atoms with Crippen molar-refractivity contribution in [1.82, 2.24) is 0 Å². The molecule has 0 aliphatic carbocycles. The summed E-state index contributed by atoms with van der Waals surface area (Å²) >= 11 is 0. The molecule has 0 aromatic carbocycles. The van der Waals surface area contributed by atoms with Crippen molar-refractivity contribution in [1.29, 1.82) is 0 Å². The minimum Gasteiger partial charge on any atom is -0.246 e. The second kappa shape index (κ2) is 6.18. The lowest BCUT2D eigenvalue weighted by Crippen LogP contribution is -2.24. The summed E-state index contributed by atoms with van der Waals surface area (Å²) in [6.07, 6.45) is 9.09. The highest BCUT2D eigenvalue weighted by Gasteiger charge is 2.25. The first-order valence-corrected chi connectivity index (χ1v) is 9.20. The Kier molecular flexibility index (Phi) is 6.32. The van der Waals surface area contributed by atoms with Crippen LogP contribution < -0.4 is 0 Å². The maximum absolute atomic E-state index is 2.52. The van der Waals surface area contributed by atoms with E-state index in [1.165, 1.54) is 30.8 Å². The first-order valence-electron chi connectivity index (χ1n) is 6.41. The first kappa shape index (κ1) is 15.3. The van der Waals surface area contributed by atoms with E-state index in [-0.39, 0.29) is 10.0 Å². The van der Waals surface area contributed by atoms with Gasteiger partial charge in [0.25, 0.3) is 0 Å². The highest BCUT2D eigenvalue weighted by molar-refractivity contribution is 8.32. The summed E-state index contributed by atoms with van der Waals surface area (Å²) < 4.78 is 0. The summed E-state index contributed by atoms with van der Waals surface area (Å²) in [6, 6.07) is 0. The summed E-state index contributed by atoms with van der Waals surface area (Å²) in [4.78, 5) is 0. The summed E-state index contributed by atoms with van der Waals surface area (Å²) in [5.74, 6) is 3.81. The van der Waals surface area contributed by atoms with Crippen LogP contribution >= 0.6 is 10.0 Å². The van der Waals surface area contributed by atoms with Crippen LogP contribution in [0.25, 0.3) is 0 Å². The standard InChI is InChI=1S/C14H32S/c1-8-10-14(4,5)12-15(6,7)11-13(3)9-2/h13H,8-12H2,1-7H3. The molecule has 0 amide bonds. The van der Waals surface area contributed by atoms with Crippen molar-refractivity contribution in [3.05, 3.63) is 0 Å². The van der Waals surface area contributed by atoms with Gasteiger partial charge in [-0.05, 0) is 41.8 Å². The van der Waals surface area contributed by atoms with Crippen molar-refractivity contribution in [3.63, 3.8) is 0 Å². The zero-order chi connectivity index (χ0) is 12.1. The third-order valence-corrected chi connectivity index (χ3v) is 6.18. The lowest BCUT2D eigenvalue weighted by Gasteiger charge is -2.41. The van der Waals surface area contributed by atoms with Crippen molar-refractivity contribution in [2.75, 3.05) is 24.0 Å². The Morgan fingerprint density at radius 1 is 1.13 bits per heavy atom. The molecule has 0 fully saturated rings. The molecule has 1 atom stereocenters. The predicted octanol–water partition coefficient (Wildman–Crippen LogP) is 4.92. The molecular weight excluding hydrogens is 200 g/mol. The molecule has 1 heteroatoms. The normalized spacial score (nSPS) is 16.5. The van der Waals surface area contributed by atoms with Crippen LogP contribution in [0.3, 0.4) is 0 Å². The Labute approximate surface area is 99.5 Å². The van der Waals surface area contributed by atoms with Crippen LogP contribution in [0, 0.1) is 11.3 Å². The fourth-order valence-electron chi connectivity index (χ4n) is 2.75. The van der Waals surface area contributed by atoms with Gasteiger partial charge in [-0.25, -0.2) is 10.0 Å². The Bertz CT molecular complexity index is 170. The Morgan fingerprint density at radius 2 is 1.67 bits per heavy atom. The molecule has 0 aliphatic heterocycles. The summed E-state index contributed by atoms with van der Waals surface area (Å²) in [5.41, 5.74) is 0.557. The van der Waals surface area contributed by atoms with E-state index < -0.39 is 0 Å². The van der Waals surface area contributed by atoms with Crippen LogP contribution in [0.5, 0.6) is 0 Å². The van der Waals surface area contributed by atoms with E-state index in [0.29, 0.717) is 5.41 Å². The van der Waals surface area contributed by atoms with Gasteiger partial charge < -0.3 is 0 Å². The summed E-state index contributed by atoms with van der Waals surface area (Å²) in [6.45, 7) is 11.9. The SMILES string of the molecule is CCCC(C)(C)CS(C)(C)CC(C)CC. The molecule has 0 rings (SSSR count). The average molecular weight is 232 g/mol. The minimum absolute atomic E-state index is 0.373. The molecule has 0 saturated heterocycles. The topological polar surface area (TPSA) is 0 Å². The Balaban J connectivity index is 4.22. The van der Waals surface area contributed by atoms with E-state index in [2.05, 4.69) is 47.1 Å². The van der Waals surface area contributed by atoms with Gasteiger partial charge in [-0.2, -0.15) is 0 Å². The first-order chi connectivity index (χ1) is 6.72. The van der Waals surface area contributed by atoms with Crippen LogP contribution in [-0.2, 0) is 0 Å². The number of hydrogen-bond acceptors (Lipinski definition) is 0. The zero-order valence-corrected chi connectivity index (χ0v) is 12.8. The van der Waals surface area contributed by atoms with Gasteiger partial charge in [0.05, 0.1) is 0 Å². The smallest absolute Gasteiger partial charge is 0.0181 e. The molecular formula is C14H32S. The highest BCUT2D eigenvalue weighted by atomic mass is 32.3. The van der Waals surface area contributed by atoms with Gasteiger partial charge in [-0.3, -0.25) is 0 Å². The Hall–Kier alpha value is 0.350. The zero-order valence-electron chi connectivity index (χ0n) is 12.0. The third-order valence-electron chi connectivity index (χ3n) is 3.14. The third kappa shape index (κ3) is 7.27. The van der Waals surface area contributed by atoms with Crippen molar-refractivity contribution in [2.24, 2.45) is 11.3 Å².